The molecule has 3 rings (SSSR count). The summed E-state index contributed by atoms with van der Waals surface area (Å²) in [7, 11) is 1.21. The highest BCUT2D eigenvalue weighted by atomic mass is 19.1. The highest BCUT2D eigenvalue weighted by molar-refractivity contribution is 5.97. The van der Waals surface area contributed by atoms with E-state index in [2.05, 4.69) is 5.32 Å². The molecule has 6 heteroatoms. The van der Waals surface area contributed by atoms with Crippen LogP contribution >= 0.6 is 0 Å². The fraction of sp³-hybridized carbons (Fsp3) is 0.130. The van der Waals surface area contributed by atoms with Gasteiger partial charge in [0.25, 0.3) is 5.91 Å². The first-order valence-electron chi connectivity index (χ1n) is 8.96. The molecule has 0 unspecified atom stereocenters. The zero-order valence-electron chi connectivity index (χ0n) is 15.7. The monoisotopic (exact) mass is 395 g/mol. The Labute approximate surface area is 167 Å². The summed E-state index contributed by atoms with van der Waals surface area (Å²) >= 11 is 0. The molecule has 0 fully saturated rings. The van der Waals surface area contributed by atoms with Crippen LogP contribution in [0.15, 0.2) is 72.8 Å². The van der Waals surface area contributed by atoms with Gasteiger partial charge in [-0.25, -0.2) is 13.6 Å². The van der Waals surface area contributed by atoms with Crippen molar-refractivity contribution < 1.29 is 23.1 Å². The fourth-order valence-electron chi connectivity index (χ4n) is 2.94. The van der Waals surface area contributed by atoms with E-state index in [0.717, 1.165) is 28.8 Å². The lowest BCUT2D eigenvalue weighted by Gasteiger charge is -2.17. The van der Waals surface area contributed by atoms with E-state index in [4.69, 9.17) is 4.74 Å². The Kier molecular flexibility index (Phi) is 6.34. The van der Waals surface area contributed by atoms with Crippen molar-refractivity contribution in [2.45, 2.75) is 12.5 Å². The predicted octanol–water partition coefficient (Wildman–Crippen LogP) is 4.15. The van der Waals surface area contributed by atoms with Gasteiger partial charge in [-0.05, 0) is 28.8 Å². The molecule has 0 aliphatic heterocycles. The number of esters is 1. The molecule has 0 heterocycles. The number of carbonyl (C=O) groups is 2. The molecule has 1 N–H and O–H groups in total. The molecule has 4 nitrogen and oxygen atoms in total. The van der Waals surface area contributed by atoms with E-state index in [0.29, 0.717) is 6.07 Å². The Morgan fingerprint density at radius 3 is 2.21 bits per heavy atom. The van der Waals surface area contributed by atoms with E-state index < -0.39 is 29.6 Å². The largest absolute Gasteiger partial charge is 0.467 e. The molecule has 29 heavy (non-hydrogen) atoms. The summed E-state index contributed by atoms with van der Waals surface area (Å²) in [5, 5.41) is 2.46. The third-order valence-corrected chi connectivity index (χ3v) is 4.47. The molecule has 0 saturated carbocycles. The second kappa shape index (κ2) is 9.10. The molecular formula is C23H19F2NO3. The van der Waals surface area contributed by atoms with Gasteiger partial charge in [0.05, 0.1) is 12.7 Å². The van der Waals surface area contributed by atoms with Crippen molar-refractivity contribution >= 4 is 11.9 Å². The number of carbonyl (C=O) groups excluding carboxylic acids is 2. The maximum atomic E-state index is 13.8. The minimum Gasteiger partial charge on any atom is -0.467 e. The van der Waals surface area contributed by atoms with E-state index >= 15 is 0 Å². The van der Waals surface area contributed by atoms with Crippen molar-refractivity contribution in [3.05, 3.63) is 95.6 Å². The number of nitrogens with one attached hydrogen (secondary N) is 1. The molecule has 0 spiro atoms. The number of halogens is 2. The van der Waals surface area contributed by atoms with E-state index in [1.54, 1.807) is 0 Å². The van der Waals surface area contributed by atoms with Crippen LogP contribution < -0.4 is 5.32 Å². The van der Waals surface area contributed by atoms with Gasteiger partial charge in [0.15, 0.2) is 0 Å². The van der Waals surface area contributed by atoms with Gasteiger partial charge in [0, 0.05) is 12.5 Å². The third-order valence-electron chi connectivity index (χ3n) is 4.47. The van der Waals surface area contributed by atoms with Crippen LogP contribution in [0.3, 0.4) is 0 Å². The van der Waals surface area contributed by atoms with E-state index in [1.807, 2.05) is 54.6 Å². The number of benzene rings is 3. The molecule has 1 amide bonds. The van der Waals surface area contributed by atoms with Crippen molar-refractivity contribution in [3.8, 4) is 11.1 Å². The summed E-state index contributed by atoms with van der Waals surface area (Å²) < 4.78 is 31.7. The quantitative estimate of drug-likeness (QED) is 0.638. The van der Waals surface area contributed by atoms with Crippen LogP contribution in [0.25, 0.3) is 11.1 Å². The first-order chi connectivity index (χ1) is 14.0. The van der Waals surface area contributed by atoms with Gasteiger partial charge in [-0.15, -0.1) is 0 Å². The smallest absolute Gasteiger partial charge is 0.328 e. The molecule has 3 aromatic rings. The van der Waals surface area contributed by atoms with Crippen molar-refractivity contribution in [1.29, 1.82) is 0 Å². The Morgan fingerprint density at radius 2 is 1.59 bits per heavy atom. The summed E-state index contributed by atoms with van der Waals surface area (Å²) in [5.41, 5.74) is 2.52. The summed E-state index contributed by atoms with van der Waals surface area (Å²) in [6.07, 6.45) is 0.163. The number of rotatable bonds is 6. The van der Waals surface area contributed by atoms with Crippen LogP contribution in [-0.4, -0.2) is 25.0 Å². The van der Waals surface area contributed by atoms with Crippen LogP contribution in [0.1, 0.15) is 15.9 Å². The number of amides is 1. The standard InChI is InChI=1S/C23H19F2NO3/c1-29-23(28)21(26-22(27)19-12-11-18(24)14-20(19)25)13-15-7-9-17(10-8-15)16-5-3-2-4-6-16/h2-12,14,21H,13H2,1H3,(H,26,27)/t21-/m1/s1. The molecule has 0 saturated heterocycles. The van der Waals surface area contributed by atoms with Crippen molar-refractivity contribution in [1.82, 2.24) is 5.32 Å². The van der Waals surface area contributed by atoms with Gasteiger partial charge in [0.1, 0.15) is 17.7 Å². The first kappa shape index (κ1) is 20.2. The number of ether oxygens (including phenoxy) is 1. The lowest BCUT2D eigenvalue weighted by molar-refractivity contribution is -0.142. The first-order valence-corrected chi connectivity index (χ1v) is 8.96. The number of hydrogen-bond acceptors (Lipinski definition) is 3. The average Bonchev–Trinajstić information content (AvgIpc) is 2.73. The van der Waals surface area contributed by atoms with E-state index in [9.17, 15) is 18.4 Å². The minimum absolute atomic E-state index is 0.163. The lowest BCUT2D eigenvalue weighted by Crippen LogP contribution is -2.43. The Morgan fingerprint density at radius 1 is 0.931 bits per heavy atom. The number of hydrogen-bond donors (Lipinski definition) is 1. The second-order valence-electron chi connectivity index (χ2n) is 6.44. The molecule has 0 bridgehead atoms. The highest BCUT2D eigenvalue weighted by Crippen LogP contribution is 2.20. The Balaban J connectivity index is 1.75. The molecule has 0 aromatic heterocycles. The summed E-state index contributed by atoms with van der Waals surface area (Å²) in [6, 6.07) is 19.0. The molecule has 3 aromatic carbocycles. The van der Waals surface area contributed by atoms with Gasteiger partial charge in [-0.1, -0.05) is 54.6 Å². The number of methoxy groups -OCH3 is 1. The van der Waals surface area contributed by atoms with Crippen LogP contribution in [0.5, 0.6) is 0 Å². The highest BCUT2D eigenvalue weighted by Gasteiger charge is 2.24. The molecule has 1 atom stereocenters. The molecule has 148 valence electrons. The lowest BCUT2D eigenvalue weighted by atomic mass is 10.0. The summed E-state index contributed by atoms with van der Waals surface area (Å²) in [5.74, 6) is -3.27. The van der Waals surface area contributed by atoms with Crippen molar-refractivity contribution in [2.75, 3.05) is 7.11 Å². The van der Waals surface area contributed by atoms with Gasteiger partial charge in [-0.3, -0.25) is 4.79 Å². The third kappa shape index (κ3) is 5.04. The normalized spacial score (nSPS) is 11.6. The molecule has 0 aliphatic carbocycles. The van der Waals surface area contributed by atoms with Crippen LogP contribution in [0.2, 0.25) is 0 Å². The van der Waals surface area contributed by atoms with E-state index in [1.165, 1.54) is 7.11 Å². The predicted molar refractivity (Wildman–Crippen MR) is 105 cm³/mol. The SMILES string of the molecule is COC(=O)[C@@H](Cc1ccc(-c2ccccc2)cc1)NC(=O)c1ccc(F)cc1F. The Hall–Kier alpha value is -3.54. The van der Waals surface area contributed by atoms with Crippen molar-refractivity contribution in [2.24, 2.45) is 0 Å². The van der Waals surface area contributed by atoms with Gasteiger partial charge < -0.3 is 10.1 Å². The zero-order chi connectivity index (χ0) is 20.8. The average molecular weight is 395 g/mol. The van der Waals surface area contributed by atoms with Crippen LogP contribution in [0, 0.1) is 11.6 Å². The minimum atomic E-state index is -1.01. The van der Waals surface area contributed by atoms with E-state index in [-0.39, 0.29) is 12.0 Å². The van der Waals surface area contributed by atoms with Gasteiger partial charge in [-0.2, -0.15) is 0 Å². The second-order valence-corrected chi connectivity index (χ2v) is 6.44. The zero-order valence-corrected chi connectivity index (χ0v) is 15.7. The van der Waals surface area contributed by atoms with Crippen molar-refractivity contribution in [3.63, 3.8) is 0 Å². The van der Waals surface area contributed by atoms with Crippen LogP contribution in [-0.2, 0) is 16.0 Å². The summed E-state index contributed by atoms with van der Waals surface area (Å²) in [6.45, 7) is 0. The topological polar surface area (TPSA) is 55.4 Å². The van der Waals surface area contributed by atoms with Gasteiger partial charge in [0.2, 0.25) is 0 Å². The maximum Gasteiger partial charge on any atom is 0.328 e. The maximum absolute atomic E-state index is 13.8. The molecule has 0 aliphatic rings. The summed E-state index contributed by atoms with van der Waals surface area (Å²) in [4.78, 5) is 24.5. The molecule has 0 radical (unpaired) electrons. The Bertz CT molecular complexity index is 1000. The molecular weight excluding hydrogens is 376 g/mol. The van der Waals surface area contributed by atoms with Gasteiger partial charge >= 0.3 is 5.97 Å². The van der Waals surface area contributed by atoms with Crippen LogP contribution in [0.4, 0.5) is 8.78 Å². The fourth-order valence-corrected chi connectivity index (χ4v) is 2.94.